The fourth-order valence-electron chi connectivity index (χ4n) is 5.25. The number of carbonyl (C=O) groups is 1. The number of nitrogen functional groups attached to an aromatic ring is 1. The Bertz CT molecular complexity index is 1700. The van der Waals surface area contributed by atoms with Gasteiger partial charge in [-0.3, -0.25) is 9.69 Å². The highest BCUT2D eigenvalue weighted by molar-refractivity contribution is 7.22. The number of likely N-dealkylation sites (tertiary alicyclic amines) is 2. The third-order valence-corrected chi connectivity index (χ3v) is 8.50. The van der Waals surface area contributed by atoms with Gasteiger partial charge in [-0.25, -0.2) is 13.8 Å². The standard InChI is InChI=1S/C27H26ClF2N7O3S/c1-4-19(38)37-8-12(9-37)32-25-14-7-15(28)20(13-5-6-16(29)24-23(13)33-26(31)41-24)21(30)22(14)34-27(35-25)40-18-11-36(2)10-17(18)39-3/h4-7,12,17-18H,1,8-11H2,2-3H3,(H2,31,33)(H,32,34,35)/t17-,18-/m1/s1. The topological polar surface area (TPSA) is 119 Å². The number of nitrogens with one attached hydrogen (secondary N) is 1. The summed E-state index contributed by atoms with van der Waals surface area (Å²) in [4.78, 5) is 28.9. The first-order valence-corrected chi connectivity index (χ1v) is 14.0. The molecule has 2 aromatic carbocycles. The summed E-state index contributed by atoms with van der Waals surface area (Å²) in [6.45, 7) is 5.57. The molecular formula is C27H26ClF2N7O3S. The number of amides is 1. The molecule has 10 nitrogen and oxygen atoms in total. The molecular weight excluding hydrogens is 576 g/mol. The van der Waals surface area contributed by atoms with Crippen molar-refractivity contribution in [3.8, 4) is 17.1 Å². The van der Waals surface area contributed by atoms with Crippen LogP contribution in [-0.4, -0.2) is 89.2 Å². The molecule has 3 N–H and O–H groups in total. The van der Waals surface area contributed by atoms with E-state index in [1.807, 2.05) is 7.05 Å². The second kappa shape index (κ2) is 10.6. The van der Waals surface area contributed by atoms with Crippen molar-refractivity contribution in [1.29, 1.82) is 0 Å². The number of rotatable bonds is 7. The maximum Gasteiger partial charge on any atom is 0.319 e. The number of benzene rings is 2. The molecule has 2 aliphatic rings. The largest absolute Gasteiger partial charge is 0.456 e. The zero-order valence-electron chi connectivity index (χ0n) is 22.2. The summed E-state index contributed by atoms with van der Waals surface area (Å²) in [5, 5.41) is 3.80. The minimum Gasteiger partial charge on any atom is -0.456 e. The van der Waals surface area contributed by atoms with Gasteiger partial charge >= 0.3 is 6.01 Å². The number of nitrogens with two attached hydrogens (primary N) is 1. The Balaban J connectivity index is 1.46. The van der Waals surface area contributed by atoms with Crippen LogP contribution in [0.4, 0.5) is 19.7 Å². The number of ether oxygens (including phenoxy) is 2. The highest BCUT2D eigenvalue weighted by atomic mass is 35.5. The molecule has 4 heterocycles. The molecule has 4 aromatic rings. The van der Waals surface area contributed by atoms with Gasteiger partial charge in [-0.05, 0) is 31.3 Å². The molecule has 41 heavy (non-hydrogen) atoms. The van der Waals surface area contributed by atoms with E-state index < -0.39 is 11.6 Å². The molecule has 0 radical (unpaired) electrons. The van der Waals surface area contributed by atoms with Crippen molar-refractivity contribution >= 4 is 60.9 Å². The van der Waals surface area contributed by atoms with Crippen LogP contribution in [0.5, 0.6) is 6.01 Å². The lowest BCUT2D eigenvalue weighted by atomic mass is 10.0. The van der Waals surface area contributed by atoms with Crippen LogP contribution >= 0.6 is 22.9 Å². The molecule has 2 atom stereocenters. The Labute approximate surface area is 242 Å². The van der Waals surface area contributed by atoms with E-state index in [0.717, 1.165) is 11.3 Å². The average molecular weight is 602 g/mol. The van der Waals surface area contributed by atoms with Crippen LogP contribution in [0.25, 0.3) is 32.2 Å². The van der Waals surface area contributed by atoms with Gasteiger partial charge in [0.2, 0.25) is 5.91 Å². The van der Waals surface area contributed by atoms with Gasteiger partial charge in [0.25, 0.3) is 0 Å². The molecule has 1 amide bonds. The number of nitrogens with zero attached hydrogens (tertiary/aromatic N) is 5. The summed E-state index contributed by atoms with van der Waals surface area (Å²) in [6, 6.07) is 4.01. The molecule has 2 saturated heterocycles. The van der Waals surface area contributed by atoms with E-state index >= 15 is 4.39 Å². The maximum atomic E-state index is 16.5. The Morgan fingerprint density at radius 2 is 1.95 bits per heavy atom. The number of anilines is 2. The van der Waals surface area contributed by atoms with Crippen molar-refractivity contribution in [3.05, 3.63) is 47.5 Å². The van der Waals surface area contributed by atoms with Gasteiger partial charge in [0.1, 0.15) is 29.4 Å². The van der Waals surface area contributed by atoms with E-state index in [9.17, 15) is 9.18 Å². The van der Waals surface area contributed by atoms with Gasteiger partial charge in [-0.2, -0.15) is 9.97 Å². The molecule has 6 rings (SSSR count). The van der Waals surface area contributed by atoms with Crippen molar-refractivity contribution in [1.82, 2.24) is 24.8 Å². The van der Waals surface area contributed by atoms with Crippen molar-refractivity contribution in [2.45, 2.75) is 18.2 Å². The lowest BCUT2D eigenvalue weighted by molar-refractivity contribution is -0.129. The second-order valence-electron chi connectivity index (χ2n) is 10.1. The number of aromatic nitrogens is 3. The lowest BCUT2D eigenvalue weighted by Gasteiger charge is -2.39. The summed E-state index contributed by atoms with van der Waals surface area (Å²) in [7, 11) is 3.54. The second-order valence-corrected chi connectivity index (χ2v) is 11.5. The summed E-state index contributed by atoms with van der Waals surface area (Å²) >= 11 is 7.64. The smallest absolute Gasteiger partial charge is 0.319 e. The van der Waals surface area contributed by atoms with Crippen molar-refractivity contribution in [3.63, 3.8) is 0 Å². The summed E-state index contributed by atoms with van der Waals surface area (Å²) < 4.78 is 42.9. The fraction of sp³-hybridized carbons (Fsp3) is 0.333. The third kappa shape index (κ3) is 4.92. The normalized spacial score (nSPS) is 19.6. The summed E-state index contributed by atoms with van der Waals surface area (Å²) in [5.74, 6) is -1.14. The van der Waals surface area contributed by atoms with Crippen LogP contribution in [0.3, 0.4) is 0 Å². The van der Waals surface area contributed by atoms with Gasteiger partial charge in [0.15, 0.2) is 10.9 Å². The molecule has 0 aliphatic carbocycles. The highest BCUT2D eigenvalue weighted by Gasteiger charge is 2.35. The van der Waals surface area contributed by atoms with Crippen molar-refractivity contribution in [2.24, 2.45) is 0 Å². The van der Waals surface area contributed by atoms with Crippen LogP contribution in [0.1, 0.15) is 0 Å². The minimum atomic E-state index is -0.744. The van der Waals surface area contributed by atoms with Crippen molar-refractivity contribution < 1.29 is 23.0 Å². The summed E-state index contributed by atoms with van der Waals surface area (Å²) in [5.41, 5.74) is 6.30. The fourth-order valence-corrected chi connectivity index (χ4v) is 6.31. The lowest BCUT2D eigenvalue weighted by Crippen LogP contribution is -2.56. The third-order valence-electron chi connectivity index (χ3n) is 7.31. The number of hydrogen-bond acceptors (Lipinski definition) is 10. The zero-order chi connectivity index (χ0) is 29.0. The van der Waals surface area contributed by atoms with Crippen molar-refractivity contribution in [2.75, 3.05) is 51.4 Å². The van der Waals surface area contributed by atoms with E-state index in [2.05, 4.69) is 31.7 Å². The van der Waals surface area contributed by atoms with Gasteiger partial charge in [0, 0.05) is 49.8 Å². The van der Waals surface area contributed by atoms with E-state index in [1.54, 1.807) is 18.1 Å². The quantitative estimate of drug-likeness (QED) is 0.304. The van der Waals surface area contributed by atoms with Crippen LogP contribution in [0.15, 0.2) is 30.9 Å². The van der Waals surface area contributed by atoms with E-state index in [-0.39, 0.29) is 67.2 Å². The number of halogens is 3. The van der Waals surface area contributed by atoms with E-state index in [4.69, 9.17) is 26.8 Å². The average Bonchev–Trinajstić information content (AvgIpc) is 3.49. The monoisotopic (exact) mass is 601 g/mol. The molecule has 214 valence electrons. The SMILES string of the molecule is C=CC(=O)N1CC(Nc2nc(O[C@@H]3CN(C)C[C@H]3OC)nc3c(F)c(-c4ccc(F)c5sc(N)nc45)c(Cl)cc23)C1. The van der Waals surface area contributed by atoms with Crippen LogP contribution in [0.2, 0.25) is 5.02 Å². The van der Waals surface area contributed by atoms with E-state index in [0.29, 0.717) is 37.4 Å². The van der Waals surface area contributed by atoms with Crippen LogP contribution in [-0.2, 0) is 9.53 Å². The number of hydrogen-bond donors (Lipinski definition) is 2. The minimum absolute atomic E-state index is 0.00633. The van der Waals surface area contributed by atoms with Gasteiger partial charge in [-0.15, -0.1) is 0 Å². The van der Waals surface area contributed by atoms with Crippen LogP contribution < -0.4 is 15.8 Å². The first-order chi connectivity index (χ1) is 19.7. The maximum absolute atomic E-state index is 16.5. The van der Waals surface area contributed by atoms with Gasteiger partial charge < -0.3 is 25.4 Å². The molecule has 2 fully saturated rings. The first kappa shape index (κ1) is 27.5. The number of methoxy groups -OCH3 is 1. The number of carbonyl (C=O) groups excluding carboxylic acids is 1. The molecule has 2 aliphatic heterocycles. The van der Waals surface area contributed by atoms with Gasteiger partial charge in [-0.1, -0.05) is 29.5 Å². The van der Waals surface area contributed by atoms with Crippen LogP contribution in [0, 0.1) is 11.6 Å². The Morgan fingerprint density at radius 1 is 1.20 bits per heavy atom. The first-order valence-electron chi connectivity index (χ1n) is 12.8. The van der Waals surface area contributed by atoms with E-state index in [1.165, 1.54) is 18.2 Å². The molecule has 14 heteroatoms. The zero-order valence-corrected chi connectivity index (χ0v) is 23.7. The Hall–Kier alpha value is -3.65. The summed E-state index contributed by atoms with van der Waals surface area (Å²) in [6.07, 6.45) is 0.643. The number of thiazole rings is 1. The highest BCUT2D eigenvalue weighted by Crippen LogP contribution is 2.42. The molecule has 0 bridgehead atoms. The molecule has 2 aromatic heterocycles. The van der Waals surface area contributed by atoms with Gasteiger partial charge in [0.05, 0.1) is 21.3 Å². The number of fused-ring (bicyclic) bond motifs is 2. The predicted molar refractivity (Wildman–Crippen MR) is 154 cm³/mol. The molecule has 0 unspecified atom stereocenters. The Kier molecular flexibility index (Phi) is 7.14. The molecule has 0 saturated carbocycles. The number of likely N-dealkylation sites (N-methyl/N-ethyl adjacent to an activating group) is 1. The molecule has 0 spiro atoms. The Morgan fingerprint density at radius 3 is 2.68 bits per heavy atom. The predicted octanol–water partition coefficient (Wildman–Crippen LogP) is 3.94.